The van der Waals surface area contributed by atoms with Crippen molar-refractivity contribution < 1.29 is 4.42 Å². The number of nitriles is 1. The smallest absolute Gasteiger partial charge is 0.192 e. The maximum atomic E-state index is 8.82. The topological polar surface area (TPSA) is 78.5 Å². The number of aromatic nitrogens is 3. The number of aryl methyl sites for hydroxylation is 1. The van der Waals surface area contributed by atoms with Gasteiger partial charge in [0.25, 0.3) is 0 Å². The van der Waals surface area contributed by atoms with Crippen molar-refractivity contribution in [3.05, 3.63) is 35.9 Å². The Kier molecular flexibility index (Phi) is 1.95. The Morgan fingerprint density at radius 2 is 2.29 bits per heavy atom. The molecular weight excluding hydrogens is 216 g/mol. The molecular formula is C12H8N4O. The molecule has 0 atom stereocenters. The molecule has 1 N–H and O–H groups in total. The van der Waals surface area contributed by atoms with E-state index in [4.69, 9.17) is 9.68 Å². The Morgan fingerprint density at radius 1 is 1.41 bits per heavy atom. The maximum Gasteiger partial charge on any atom is 0.192 e. The van der Waals surface area contributed by atoms with Crippen molar-refractivity contribution in [1.82, 2.24) is 15.0 Å². The summed E-state index contributed by atoms with van der Waals surface area (Å²) in [6, 6.07) is 7.39. The van der Waals surface area contributed by atoms with E-state index in [-0.39, 0.29) is 0 Å². The van der Waals surface area contributed by atoms with E-state index in [1.54, 1.807) is 18.2 Å². The minimum Gasteiger partial charge on any atom is -0.440 e. The molecule has 0 fully saturated rings. The zero-order chi connectivity index (χ0) is 11.8. The molecule has 0 amide bonds. The number of hydrogen-bond donors (Lipinski definition) is 1. The lowest BCUT2D eigenvalue weighted by Gasteiger charge is -1.89. The Balaban J connectivity index is 2.21. The summed E-state index contributed by atoms with van der Waals surface area (Å²) in [6.07, 6.45) is 1.39. The van der Waals surface area contributed by atoms with Crippen molar-refractivity contribution in [1.29, 1.82) is 5.26 Å². The fraction of sp³-hybridized carbons (Fsp3) is 0.0833. The van der Waals surface area contributed by atoms with E-state index in [0.29, 0.717) is 17.1 Å². The highest BCUT2D eigenvalue weighted by Crippen LogP contribution is 2.23. The van der Waals surface area contributed by atoms with Crippen LogP contribution in [0.4, 0.5) is 0 Å². The lowest BCUT2D eigenvalue weighted by Crippen LogP contribution is -1.80. The largest absolute Gasteiger partial charge is 0.440 e. The molecule has 5 nitrogen and oxygen atoms in total. The van der Waals surface area contributed by atoms with Crippen LogP contribution in [0.5, 0.6) is 0 Å². The van der Waals surface area contributed by atoms with Crippen LogP contribution < -0.4 is 0 Å². The average molecular weight is 224 g/mol. The van der Waals surface area contributed by atoms with E-state index in [0.717, 1.165) is 16.7 Å². The van der Waals surface area contributed by atoms with Crippen molar-refractivity contribution in [3.8, 4) is 17.7 Å². The summed E-state index contributed by atoms with van der Waals surface area (Å²) in [5.74, 6) is 1.25. The molecule has 3 aromatic rings. The molecule has 0 aliphatic carbocycles. The SMILES string of the molecule is Cc1ncoc1-c1nc2ccc(C#N)cc2[nH]1. The van der Waals surface area contributed by atoms with E-state index >= 15 is 0 Å². The standard InChI is InChI=1S/C12H8N4O/c1-7-11(17-6-14-7)12-15-9-3-2-8(5-13)4-10(9)16-12/h2-4,6H,1H3,(H,15,16). The Hall–Kier alpha value is -2.61. The molecule has 0 saturated heterocycles. The number of hydrogen-bond acceptors (Lipinski definition) is 4. The average Bonchev–Trinajstić information content (AvgIpc) is 2.93. The van der Waals surface area contributed by atoms with Gasteiger partial charge in [0.15, 0.2) is 18.0 Å². The summed E-state index contributed by atoms with van der Waals surface area (Å²) in [4.78, 5) is 11.5. The van der Waals surface area contributed by atoms with E-state index in [2.05, 4.69) is 21.0 Å². The lowest BCUT2D eigenvalue weighted by atomic mass is 10.2. The van der Waals surface area contributed by atoms with Crippen molar-refractivity contribution >= 4 is 11.0 Å². The monoisotopic (exact) mass is 224 g/mol. The maximum absolute atomic E-state index is 8.82. The highest BCUT2D eigenvalue weighted by atomic mass is 16.3. The molecule has 2 heterocycles. The molecule has 0 aliphatic rings. The Morgan fingerprint density at radius 3 is 3.00 bits per heavy atom. The van der Waals surface area contributed by atoms with Crippen molar-refractivity contribution in [2.24, 2.45) is 0 Å². The third-order valence-corrected chi connectivity index (χ3v) is 2.57. The van der Waals surface area contributed by atoms with Crippen LogP contribution in [-0.4, -0.2) is 15.0 Å². The first kappa shape index (κ1) is 9.60. The summed E-state index contributed by atoms with van der Waals surface area (Å²) in [5, 5.41) is 8.82. The molecule has 3 rings (SSSR count). The lowest BCUT2D eigenvalue weighted by molar-refractivity contribution is 0.567. The fourth-order valence-corrected chi connectivity index (χ4v) is 1.72. The van der Waals surface area contributed by atoms with Crippen LogP contribution in [0.25, 0.3) is 22.6 Å². The number of benzene rings is 1. The number of imidazole rings is 1. The Bertz CT molecular complexity index is 732. The van der Waals surface area contributed by atoms with Crippen molar-refractivity contribution in [3.63, 3.8) is 0 Å². The Labute approximate surface area is 96.7 Å². The van der Waals surface area contributed by atoms with Gasteiger partial charge in [-0.1, -0.05) is 0 Å². The predicted molar refractivity (Wildman–Crippen MR) is 61.0 cm³/mol. The van der Waals surface area contributed by atoms with Crippen LogP contribution in [-0.2, 0) is 0 Å². The van der Waals surface area contributed by atoms with Crippen LogP contribution in [0.2, 0.25) is 0 Å². The van der Waals surface area contributed by atoms with Gasteiger partial charge in [0, 0.05) is 0 Å². The molecule has 5 heteroatoms. The molecule has 0 unspecified atom stereocenters. The van der Waals surface area contributed by atoms with E-state index < -0.39 is 0 Å². The summed E-state index contributed by atoms with van der Waals surface area (Å²) < 4.78 is 5.27. The van der Waals surface area contributed by atoms with Gasteiger partial charge in [-0.15, -0.1) is 0 Å². The summed E-state index contributed by atoms with van der Waals surface area (Å²) in [6.45, 7) is 1.85. The van der Waals surface area contributed by atoms with Gasteiger partial charge in [0.05, 0.1) is 28.4 Å². The van der Waals surface area contributed by atoms with E-state index in [1.165, 1.54) is 6.39 Å². The number of aromatic amines is 1. The summed E-state index contributed by atoms with van der Waals surface area (Å²) >= 11 is 0. The molecule has 0 spiro atoms. The zero-order valence-electron chi connectivity index (χ0n) is 9.06. The van der Waals surface area contributed by atoms with Crippen LogP contribution in [0.3, 0.4) is 0 Å². The molecule has 0 aliphatic heterocycles. The van der Waals surface area contributed by atoms with Crippen LogP contribution >= 0.6 is 0 Å². The third kappa shape index (κ3) is 1.47. The molecule has 0 saturated carbocycles. The number of nitrogens with zero attached hydrogens (tertiary/aromatic N) is 3. The first-order valence-electron chi connectivity index (χ1n) is 5.08. The van der Waals surface area contributed by atoms with Gasteiger partial charge >= 0.3 is 0 Å². The first-order valence-corrected chi connectivity index (χ1v) is 5.08. The highest BCUT2D eigenvalue weighted by Gasteiger charge is 2.11. The molecule has 0 bridgehead atoms. The zero-order valence-corrected chi connectivity index (χ0v) is 9.06. The van der Waals surface area contributed by atoms with Gasteiger partial charge < -0.3 is 9.40 Å². The normalized spacial score (nSPS) is 10.6. The van der Waals surface area contributed by atoms with Crippen LogP contribution in [0.15, 0.2) is 29.0 Å². The second-order valence-corrected chi connectivity index (χ2v) is 3.70. The minimum atomic E-state index is 0.599. The van der Waals surface area contributed by atoms with E-state index in [1.807, 2.05) is 6.92 Å². The van der Waals surface area contributed by atoms with Crippen molar-refractivity contribution in [2.45, 2.75) is 6.92 Å². The molecule has 17 heavy (non-hydrogen) atoms. The third-order valence-electron chi connectivity index (χ3n) is 2.57. The number of oxazole rings is 1. The molecule has 0 radical (unpaired) electrons. The second kappa shape index (κ2) is 3.46. The van der Waals surface area contributed by atoms with Gasteiger partial charge in [0.1, 0.15) is 0 Å². The van der Waals surface area contributed by atoms with Gasteiger partial charge in [-0.25, -0.2) is 9.97 Å². The second-order valence-electron chi connectivity index (χ2n) is 3.70. The highest BCUT2D eigenvalue weighted by molar-refractivity contribution is 5.80. The predicted octanol–water partition coefficient (Wildman–Crippen LogP) is 2.40. The summed E-state index contributed by atoms with van der Waals surface area (Å²) in [5.41, 5.74) is 3.00. The van der Waals surface area contributed by atoms with Gasteiger partial charge in [0.2, 0.25) is 0 Å². The van der Waals surface area contributed by atoms with Gasteiger partial charge in [-0.2, -0.15) is 5.26 Å². The number of fused-ring (bicyclic) bond motifs is 1. The number of nitrogens with one attached hydrogen (secondary N) is 1. The van der Waals surface area contributed by atoms with Gasteiger partial charge in [-0.05, 0) is 25.1 Å². The fourth-order valence-electron chi connectivity index (χ4n) is 1.72. The van der Waals surface area contributed by atoms with E-state index in [9.17, 15) is 0 Å². The molecule has 1 aromatic carbocycles. The number of rotatable bonds is 1. The van der Waals surface area contributed by atoms with Crippen molar-refractivity contribution in [2.75, 3.05) is 0 Å². The number of H-pyrrole nitrogens is 1. The minimum absolute atomic E-state index is 0.599. The summed E-state index contributed by atoms with van der Waals surface area (Å²) in [7, 11) is 0. The van der Waals surface area contributed by atoms with Crippen LogP contribution in [0.1, 0.15) is 11.3 Å². The molecule has 82 valence electrons. The van der Waals surface area contributed by atoms with Gasteiger partial charge in [-0.3, -0.25) is 0 Å². The quantitative estimate of drug-likeness (QED) is 0.688. The van der Waals surface area contributed by atoms with Crippen LogP contribution in [0, 0.1) is 18.3 Å². The molecule has 2 aromatic heterocycles. The first-order chi connectivity index (χ1) is 8.28.